The molecular formula is C12H21NO3S. The number of carbonyl (C=O) groups excluding carboxylic acids is 1. The third-order valence-electron chi connectivity index (χ3n) is 4.25. The average molecular weight is 259 g/mol. The van der Waals surface area contributed by atoms with E-state index in [4.69, 9.17) is 0 Å². The molecular weight excluding hydrogens is 238 g/mol. The molecule has 1 saturated heterocycles. The second-order valence-corrected chi connectivity index (χ2v) is 8.14. The molecule has 0 aromatic rings. The predicted molar refractivity (Wildman–Crippen MR) is 66.5 cm³/mol. The van der Waals surface area contributed by atoms with Crippen molar-refractivity contribution in [1.82, 2.24) is 4.90 Å². The summed E-state index contributed by atoms with van der Waals surface area (Å²) in [6.45, 7) is 4.00. The Balaban J connectivity index is 2.02. The molecule has 0 aromatic heterocycles. The lowest BCUT2D eigenvalue weighted by Gasteiger charge is -2.51. The van der Waals surface area contributed by atoms with E-state index in [1.54, 1.807) is 13.8 Å². The van der Waals surface area contributed by atoms with Crippen molar-refractivity contribution in [3.8, 4) is 0 Å². The summed E-state index contributed by atoms with van der Waals surface area (Å²) in [7, 11) is -3.26. The smallest absolute Gasteiger partial charge is 0.238 e. The Bertz CT molecular complexity index is 407. The first-order valence-electron chi connectivity index (χ1n) is 6.39. The molecule has 1 aliphatic carbocycles. The van der Waals surface area contributed by atoms with Crippen molar-refractivity contribution in [2.75, 3.05) is 12.3 Å². The van der Waals surface area contributed by atoms with Crippen LogP contribution in [0.3, 0.4) is 0 Å². The molecule has 1 heterocycles. The molecule has 1 saturated carbocycles. The highest BCUT2D eigenvalue weighted by Crippen LogP contribution is 2.44. The number of amides is 1. The van der Waals surface area contributed by atoms with Crippen LogP contribution in [0.15, 0.2) is 0 Å². The summed E-state index contributed by atoms with van der Waals surface area (Å²) in [5, 5.41) is -0.466. The molecule has 2 aliphatic rings. The highest BCUT2D eigenvalue weighted by atomic mass is 32.2. The maximum absolute atomic E-state index is 12.1. The first kappa shape index (κ1) is 12.9. The number of sulfone groups is 1. The van der Waals surface area contributed by atoms with E-state index in [0.29, 0.717) is 0 Å². The van der Waals surface area contributed by atoms with E-state index in [0.717, 1.165) is 25.8 Å². The summed E-state index contributed by atoms with van der Waals surface area (Å²) in [4.78, 5) is 13.9. The minimum Gasteiger partial charge on any atom is -0.336 e. The molecule has 5 heteroatoms. The van der Waals surface area contributed by atoms with Crippen molar-refractivity contribution in [2.24, 2.45) is 0 Å². The van der Waals surface area contributed by atoms with Gasteiger partial charge < -0.3 is 4.90 Å². The maximum atomic E-state index is 12.1. The number of nitrogens with zero attached hydrogens (tertiary/aromatic N) is 1. The van der Waals surface area contributed by atoms with Crippen LogP contribution in [0.1, 0.15) is 46.0 Å². The second kappa shape index (κ2) is 4.26. The van der Waals surface area contributed by atoms with Crippen molar-refractivity contribution >= 4 is 15.7 Å². The number of hydrogen-bond acceptors (Lipinski definition) is 3. The van der Waals surface area contributed by atoms with Crippen LogP contribution >= 0.6 is 0 Å². The van der Waals surface area contributed by atoms with Gasteiger partial charge in [0.2, 0.25) is 5.91 Å². The largest absolute Gasteiger partial charge is 0.336 e. The van der Waals surface area contributed by atoms with Gasteiger partial charge in [-0.25, -0.2) is 8.42 Å². The SMILES string of the molecule is CC(C)S(=O)(=O)CC(=O)N1CCC12CCCC2. The first-order chi connectivity index (χ1) is 7.87. The van der Waals surface area contributed by atoms with Crippen LogP contribution in [0, 0.1) is 0 Å². The van der Waals surface area contributed by atoms with Gasteiger partial charge in [-0.15, -0.1) is 0 Å². The normalized spacial score (nSPS) is 23.1. The number of likely N-dealkylation sites (tertiary alicyclic amines) is 1. The van der Waals surface area contributed by atoms with Gasteiger partial charge in [0.1, 0.15) is 5.75 Å². The molecule has 0 unspecified atom stereocenters. The van der Waals surface area contributed by atoms with Crippen LogP contribution < -0.4 is 0 Å². The van der Waals surface area contributed by atoms with E-state index in [1.807, 2.05) is 4.90 Å². The predicted octanol–water partition coefficient (Wildman–Crippen LogP) is 1.35. The number of rotatable bonds is 3. The van der Waals surface area contributed by atoms with Crippen LogP contribution in [-0.4, -0.2) is 42.3 Å². The molecule has 17 heavy (non-hydrogen) atoms. The summed E-state index contributed by atoms with van der Waals surface area (Å²) < 4.78 is 23.5. The fourth-order valence-corrected chi connectivity index (χ4v) is 3.73. The minimum atomic E-state index is -3.26. The van der Waals surface area contributed by atoms with Crippen LogP contribution in [-0.2, 0) is 14.6 Å². The lowest BCUT2D eigenvalue weighted by molar-refractivity contribution is -0.144. The van der Waals surface area contributed by atoms with Gasteiger partial charge in [0.05, 0.1) is 5.25 Å². The third-order valence-corrected chi connectivity index (χ3v) is 6.34. The quantitative estimate of drug-likeness (QED) is 0.769. The summed E-state index contributed by atoms with van der Waals surface area (Å²) in [5.74, 6) is -0.501. The molecule has 2 rings (SSSR count). The topological polar surface area (TPSA) is 54.5 Å². The molecule has 2 fully saturated rings. The van der Waals surface area contributed by atoms with E-state index in [-0.39, 0.29) is 17.2 Å². The first-order valence-corrected chi connectivity index (χ1v) is 8.11. The van der Waals surface area contributed by atoms with Crippen LogP contribution in [0.4, 0.5) is 0 Å². The van der Waals surface area contributed by atoms with E-state index < -0.39 is 15.1 Å². The fourth-order valence-electron chi connectivity index (χ4n) is 2.90. The van der Waals surface area contributed by atoms with Gasteiger partial charge >= 0.3 is 0 Å². The van der Waals surface area contributed by atoms with E-state index in [2.05, 4.69) is 0 Å². The number of hydrogen-bond donors (Lipinski definition) is 0. The van der Waals surface area contributed by atoms with Crippen molar-refractivity contribution in [1.29, 1.82) is 0 Å². The van der Waals surface area contributed by atoms with Crippen molar-refractivity contribution in [2.45, 2.75) is 56.7 Å². The van der Waals surface area contributed by atoms with E-state index in [9.17, 15) is 13.2 Å². The summed E-state index contributed by atoms with van der Waals surface area (Å²) in [5.41, 5.74) is 0.0313. The lowest BCUT2D eigenvalue weighted by Crippen LogP contribution is -2.61. The van der Waals surface area contributed by atoms with Gasteiger partial charge in [-0.05, 0) is 33.1 Å². The minimum absolute atomic E-state index is 0.0313. The van der Waals surface area contributed by atoms with Crippen LogP contribution in [0.25, 0.3) is 0 Å². The zero-order chi connectivity index (χ0) is 12.7. The maximum Gasteiger partial charge on any atom is 0.238 e. The molecule has 0 N–H and O–H groups in total. The Morgan fingerprint density at radius 1 is 1.24 bits per heavy atom. The molecule has 0 bridgehead atoms. The Morgan fingerprint density at radius 2 is 1.82 bits per heavy atom. The zero-order valence-corrected chi connectivity index (χ0v) is 11.4. The van der Waals surface area contributed by atoms with Crippen molar-refractivity contribution in [3.05, 3.63) is 0 Å². The summed E-state index contributed by atoms with van der Waals surface area (Å²) in [6.07, 6.45) is 5.50. The molecule has 1 aliphatic heterocycles. The molecule has 98 valence electrons. The van der Waals surface area contributed by atoms with E-state index >= 15 is 0 Å². The molecule has 1 amide bonds. The molecule has 1 spiro atoms. The summed E-state index contributed by atoms with van der Waals surface area (Å²) in [6, 6.07) is 0. The van der Waals surface area contributed by atoms with Gasteiger partial charge in [-0.3, -0.25) is 4.79 Å². The van der Waals surface area contributed by atoms with Gasteiger partial charge in [0, 0.05) is 12.1 Å². The van der Waals surface area contributed by atoms with Crippen molar-refractivity contribution < 1.29 is 13.2 Å². The Labute approximate surface area is 103 Å². The Hall–Kier alpha value is -0.580. The summed E-state index contributed by atoms with van der Waals surface area (Å²) >= 11 is 0. The van der Waals surface area contributed by atoms with Crippen molar-refractivity contribution in [3.63, 3.8) is 0 Å². The standard InChI is InChI=1S/C12H21NO3S/c1-10(2)17(15,16)9-11(14)13-8-7-12(13)5-3-4-6-12/h10H,3-9H2,1-2H3. The molecule has 0 atom stereocenters. The van der Waals surface area contributed by atoms with Crippen LogP contribution in [0.5, 0.6) is 0 Å². The van der Waals surface area contributed by atoms with E-state index in [1.165, 1.54) is 12.8 Å². The van der Waals surface area contributed by atoms with Crippen LogP contribution in [0.2, 0.25) is 0 Å². The monoisotopic (exact) mass is 259 g/mol. The fraction of sp³-hybridized carbons (Fsp3) is 0.917. The average Bonchev–Trinajstić information content (AvgIpc) is 2.64. The van der Waals surface area contributed by atoms with Gasteiger partial charge in [-0.1, -0.05) is 12.8 Å². The van der Waals surface area contributed by atoms with Gasteiger partial charge in [0.15, 0.2) is 9.84 Å². The Morgan fingerprint density at radius 3 is 2.24 bits per heavy atom. The number of carbonyl (C=O) groups is 1. The molecule has 4 nitrogen and oxygen atoms in total. The second-order valence-electron chi connectivity index (χ2n) is 5.58. The molecule has 0 aromatic carbocycles. The Kier molecular flexibility index (Phi) is 3.23. The molecule has 0 radical (unpaired) electrons. The highest BCUT2D eigenvalue weighted by molar-refractivity contribution is 7.92. The van der Waals surface area contributed by atoms with Gasteiger partial charge in [0.25, 0.3) is 0 Å². The lowest BCUT2D eigenvalue weighted by atomic mass is 9.83. The van der Waals surface area contributed by atoms with Gasteiger partial charge in [-0.2, -0.15) is 0 Å². The zero-order valence-electron chi connectivity index (χ0n) is 10.6. The third kappa shape index (κ3) is 2.21. The highest BCUT2D eigenvalue weighted by Gasteiger charge is 2.49.